The quantitative estimate of drug-likeness (QED) is 0.437. The topological polar surface area (TPSA) is 38.7 Å². The lowest BCUT2D eigenvalue weighted by Gasteiger charge is -2.03. The molecule has 0 aliphatic heterocycles. The van der Waals surface area contributed by atoms with Gasteiger partial charge >= 0.3 is 0 Å². The number of terminal acetylenes is 2. The Kier molecular flexibility index (Phi) is 7.43. The van der Waals surface area contributed by atoms with Gasteiger partial charge in [-0.25, -0.2) is 0 Å². The van der Waals surface area contributed by atoms with E-state index in [1.807, 2.05) is 0 Å². The molecule has 92 valence electrons. The Bertz CT molecular complexity index is 452. The Labute approximate surface area is 120 Å². The number of rotatable bonds is 7. The molecule has 1 aromatic heterocycles. The van der Waals surface area contributed by atoms with Crippen molar-refractivity contribution in [3.05, 3.63) is 12.7 Å². The molecule has 1 heterocycles. The van der Waals surface area contributed by atoms with Crippen molar-refractivity contribution in [2.45, 2.75) is 15.5 Å². The molecule has 0 N–H and O–H groups in total. The van der Waals surface area contributed by atoms with Crippen LogP contribution in [0.25, 0.3) is 0 Å². The van der Waals surface area contributed by atoms with Crippen LogP contribution in [0, 0.1) is 24.7 Å². The van der Waals surface area contributed by atoms with Gasteiger partial charge in [0.1, 0.15) is 0 Å². The van der Waals surface area contributed by atoms with E-state index in [1.54, 1.807) is 6.08 Å². The largest absolute Gasteiger partial charge is 0.196 e. The van der Waals surface area contributed by atoms with Gasteiger partial charge in [-0.3, -0.25) is 0 Å². The molecule has 0 aromatic carbocycles. The van der Waals surface area contributed by atoms with Crippen LogP contribution < -0.4 is 0 Å². The van der Waals surface area contributed by atoms with Crippen LogP contribution in [0.3, 0.4) is 0 Å². The summed E-state index contributed by atoms with van der Waals surface area (Å²) in [7, 11) is 0. The maximum absolute atomic E-state index is 5.22. The second-order valence-corrected chi connectivity index (χ2v) is 5.64. The van der Waals surface area contributed by atoms with Crippen LogP contribution in [0.1, 0.15) is 0 Å². The monoisotopic (exact) mass is 293 g/mol. The van der Waals surface area contributed by atoms with E-state index in [0.717, 1.165) is 5.75 Å². The predicted octanol–water partition coefficient (Wildman–Crippen LogP) is 2.60. The first-order valence-corrected chi connectivity index (χ1v) is 7.88. The maximum atomic E-state index is 5.22. The van der Waals surface area contributed by atoms with Crippen molar-refractivity contribution in [2.75, 3.05) is 17.3 Å². The lowest BCUT2D eigenvalue weighted by atomic mass is 10.8. The molecular formula is C12H11N3S3. The van der Waals surface area contributed by atoms with E-state index in [9.17, 15) is 0 Å². The van der Waals surface area contributed by atoms with Crippen molar-refractivity contribution >= 4 is 35.3 Å². The van der Waals surface area contributed by atoms with Gasteiger partial charge in [-0.2, -0.15) is 15.0 Å². The molecule has 0 saturated heterocycles. The average Bonchev–Trinajstić information content (AvgIpc) is 2.40. The molecule has 1 aromatic rings. The molecule has 0 radical (unpaired) electrons. The lowest BCUT2D eigenvalue weighted by molar-refractivity contribution is 0.719. The Morgan fingerprint density at radius 1 is 0.944 bits per heavy atom. The molecule has 18 heavy (non-hydrogen) atoms. The van der Waals surface area contributed by atoms with Crippen molar-refractivity contribution in [3.8, 4) is 24.7 Å². The minimum absolute atomic E-state index is 0.537. The third kappa shape index (κ3) is 5.50. The zero-order valence-electron chi connectivity index (χ0n) is 9.63. The zero-order chi connectivity index (χ0) is 13.2. The van der Waals surface area contributed by atoms with Crippen LogP contribution in [-0.2, 0) is 0 Å². The molecule has 0 atom stereocenters. The molecular weight excluding hydrogens is 282 g/mol. The number of nitrogens with zero attached hydrogens (tertiary/aromatic N) is 3. The van der Waals surface area contributed by atoms with Crippen LogP contribution in [0.4, 0.5) is 0 Å². The van der Waals surface area contributed by atoms with E-state index >= 15 is 0 Å². The van der Waals surface area contributed by atoms with Crippen LogP contribution >= 0.6 is 35.3 Å². The van der Waals surface area contributed by atoms with E-state index in [0.29, 0.717) is 27.0 Å². The second-order valence-electron chi connectivity index (χ2n) is 2.77. The molecule has 6 heteroatoms. The summed E-state index contributed by atoms with van der Waals surface area (Å²) in [6.45, 7) is 3.66. The SMILES string of the molecule is C#CCSc1nc(SCC#C)nc(SCC=C)n1. The highest BCUT2D eigenvalue weighted by molar-refractivity contribution is 8.00. The van der Waals surface area contributed by atoms with Crippen LogP contribution in [-0.4, -0.2) is 32.2 Å². The van der Waals surface area contributed by atoms with Gasteiger partial charge in [-0.1, -0.05) is 53.2 Å². The molecule has 0 saturated carbocycles. The molecule has 0 bridgehead atoms. The van der Waals surface area contributed by atoms with Gasteiger partial charge in [0.15, 0.2) is 15.5 Å². The van der Waals surface area contributed by atoms with E-state index in [2.05, 4.69) is 33.4 Å². The number of aromatic nitrogens is 3. The summed E-state index contributed by atoms with van der Waals surface area (Å²) in [6, 6.07) is 0. The second kappa shape index (κ2) is 8.93. The van der Waals surface area contributed by atoms with Crippen molar-refractivity contribution in [2.24, 2.45) is 0 Å². The number of thioether (sulfide) groups is 3. The third-order valence-electron chi connectivity index (χ3n) is 1.47. The number of hydrogen-bond donors (Lipinski definition) is 0. The first-order chi connectivity index (χ1) is 8.80. The van der Waals surface area contributed by atoms with Gasteiger partial charge in [0, 0.05) is 5.75 Å². The van der Waals surface area contributed by atoms with Gasteiger partial charge in [0.05, 0.1) is 11.5 Å². The maximum Gasteiger partial charge on any atom is 0.193 e. The lowest BCUT2D eigenvalue weighted by Crippen LogP contribution is -1.98. The summed E-state index contributed by atoms with van der Waals surface area (Å²) >= 11 is 4.33. The van der Waals surface area contributed by atoms with Gasteiger partial charge in [-0.05, 0) is 0 Å². The van der Waals surface area contributed by atoms with Crippen molar-refractivity contribution < 1.29 is 0 Å². The minimum atomic E-state index is 0.537. The van der Waals surface area contributed by atoms with E-state index in [1.165, 1.54) is 35.3 Å². The zero-order valence-corrected chi connectivity index (χ0v) is 12.1. The Morgan fingerprint density at radius 3 is 1.78 bits per heavy atom. The van der Waals surface area contributed by atoms with Crippen molar-refractivity contribution in [1.82, 2.24) is 15.0 Å². The van der Waals surface area contributed by atoms with E-state index in [4.69, 9.17) is 12.8 Å². The first kappa shape index (κ1) is 15.0. The van der Waals surface area contributed by atoms with Gasteiger partial charge in [-0.15, -0.1) is 19.4 Å². The smallest absolute Gasteiger partial charge is 0.193 e. The summed E-state index contributed by atoms with van der Waals surface area (Å²) in [5.41, 5.74) is 0. The molecule has 0 spiro atoms. The summed E-state index contributed by atoms with van der Waals surface area (Å²) in [5, 5.41) is 1.94. The van der Waals surface area contributed by atoms with Crippen LogP contribution in [0.2, 0.25) is 0 Å². The highest BCUT2D eigenvalue weighted by Crippen LogP contribution is 2.22. The molecule has 0 unspecified atom stereocenters. The Morgan fingerprint density at radius 2 is 1.39 bits per heavy atom. The van der Waals surface area contributed by atoms with Crippen LogP contribution in [0.15, 0.2) is 28.1 Å². The predicted molar refractivity (Wildman–Crippen MR) is 79.9 cm³/mol. The third-order valence-corrected chi connectivity index (χ3v) is 3.82. The fraction of sp³-hybridized carbons (Fsp3) is 0.250. The molecule has 0 aliphatic carbocycles. The summed E-state index contributed by atoms with van der Waals surface area (Å²) in [5.74, 6) is 6.91. The molecule has 1 rings (SSSR count). The summed E-state index contributed by atoms with van der Waals surface area (Å²) in [6.07, 6.45) is 12.2. The molecule has 0 amide bonds. The fourth-order valence-electron chi connectivity index (χ4n) is 0.860. The molecule has 0 fully saturated rings. The van der Waals surface area contributed by atoms with Crippen LogP contribution in [0.5, 0.6) is 0 Å². The number of hydrogen-bond acceptors (Lipinski definition) is 6. The van der Waals surface area contributed by atoms with Crippen molar-refractivity contribution in [1.29, 1.82) is 0 Å². The molecule has 3 nitrogen and oxygen atoms in total. The van der Waals surface area contributed by atoms with Gasteiger partial charge < -0.3 is 0 Å². The Balaban J connectivity index is 2.85. The van der Waals surface area contributed by atoms with E-state index in [-0.39, 0.29) is 0 Å². The summed E-state index contributed by atoms with van der Waals surface area (Å²) < 4.78 is 0. The Hall–Kier alpha value is -1.08. The standard InChI is InChI=1S/C12H11N3S3/c1-4-7-16-10-13-11(17-8-5-2)15-12(14-10)18-9-6-3/h1-2,6H,3,7-9H2. The fourth-order valence-corrected chi connectivity index (χ4v) is 2.63. The van der Waals surface area contributed by atoms with Gasteiger partial charge in [0.25, 0.3) is 0 Å². The summed E-state index contributed by atoms with van der Waals surface area (Å²) in [4.78, 5) is 12.9. The first-order valence-electron chi connectivity index (χ1n) is 4.92. The highest BCUT2D eigenvalue weighted by Gasteiger charge is 2.07. The highest BCUT2D eigenvalue weighted by atomic mass is 32.2. The van der Waals surface area contributed by atoms with Gasteiger partial charge in [0.2, 0.25) is 0 Å². The normalized spacial score (nSPS) is 9.44. The molecule has 0 aliphatic rings. The minimum Gasteiger partial charge on any atom is -0.196 e. The van der Waals surface area contributed by atoms with E-state index < -0.39 is 0 Å². The van der Waals surface area contributed by atoms with Crippen molar-refractivity contribution in [3.63, 3.8) is 0 Å². The average molecular weight is 293 g/mol.